The minimum Gasteiger partial charge on any atom is -0.342 e. The van der Waals surface area contributed by atoms with Crippen molar-refractivity contribution in [3.8, 4) is 0 Å². The third kappa shape index (κ3) is 5.66. The Morgan fingerprint density at radius 2 is 1.81 bits per heavy atom. The molecule has 2 aromatic carbocycles. The molecule has 0 saturated heterocycles. The SMILES string of the molecule is C=CCn1c(SCC(=O)c2ccccc2)nnc1[C@@H](NC(=O)c1ccccc1Cl)C(C)C. The van der Waals surface area contributed by atoms with Gasteiger partial charge in [-0.3, -0.25) is 9.59 Å². The summed E-state index contributed by atoms with van der Waals surface area (Å²) in [5.41, 5.74) is 1.06. The second-order valence-corrected chi connectivity index (χ2v) is 8.84. The van der Waals surface area contributed by atoms with Gasteiger partial charge in [0.2, 0.25) is 0 Å². The lowest BCUT2D eigenvalue weighted by Gasteiger charge is -2.22. The average Bonchev–Trinajstić information content (AvgIpc) is 3.18. The number of ketones is 1. The number of thioether (sulfide) groups is 1. The lowest BCUT2D eigenvalue weighted by atomic mass is 10.0. The van der Waals surface area contributed by atoms with Gasteiger partial charge in [-0.15, -0.1) is 16.8 Å². The molecule has 0 aliphatic heterocycles. The molecule has 0 spiro atoms. The fourth-order valence-corrected chi connectivity index (χ4v) is 4.24. The van der Waals surface area contributed by atoms with Gasteiger partial charge in [-0.2, -0.15) is 0 Å². The van der Waals surface area contributed by atoms with Crippen molar-refractivity contribution in [3.05, 3.63) is 89.2 Å². The molecule has 1 aromatic heterocycles. The smallest absolute Gasteiger partial charge is 0.253 e. The van der Waals surface area contributed by atoms with Crippen LogP contribution in [0.5, 0.6) is 0 Å². The van der Waals surface area contributed by atoms with Crippen molar-refractivity contribution in [2.45, 2.75) is 31.6 Å². The minimum absolute atomic E-state index is 0.0118. The minimum atomic E-state index is -0.398. The molecule has 1 N–H and O–H groups in total. The summed E-state index contributed by atoms with van der Waals surface area (Å²) in [7, 11) is 0. The molecule has 0 fully saturated rings. The van der Waals surface area contributed by atoms with E-state index in [0.29, 0.717) is 33.7 Å². The number of nitrogens with one attached hydrogen (secondary N) is 1. The molecule has 0 aliphatic rings. The number of amides is 1. The molecule has 0 bridgehead atoms. The summed E-state index contributed by atoms with van der Waals surface area (Å²) in [6.45, 7) is 8.27. The van der Waals surface area contributed by atoms with E-state index in [1.54, 1.807) is 42.5 Å². The quantitative estimate of drug-likeness (QED) is 0.251. The summed E-state index contributed by atoms with van der Waals surface area (Å²) in [6.07, 6.45) is 1.74. The van der Waals surface area contributed by atoms with E-state index in [4.69, 9.17) is 11.6 Å². The van der Waals surface area contributed by atoms with E-state index in [-0.39, 0.29) is 23.4 Å². The summed E-state index contributed by atoms with van der Waals surface area (Å²) in [6, 6.07) is 15.6. The number of nitrogens with zero attached hydrogens (tertiary/aromatic N) is 3. The van der Waals surface area contributed by atoms with Crippen LogP contribution in [-0.4, -0.2) is 32.2 Å². The Kier molecular flexibility index (Phi) is 8.25. The topological polar surface area (TPSA) is 76.9 Å². The van der Waals surface area contributed by atoms with Crippen LogP contribution < -0.4 is 5.32 Å². The molecule has 6 nitrogen and oxygen atoms in total. The van der Waals surface area contributed by atoms with Gasteiger partial charge in [0.25, 0.3) is 5.91 Å². The maximum absolute atomic E-state index is 12.9. The van der Waals surface area contributed by atoms with Gasteiger partial charge >= 0.3 is 0 Å². The van der Waals surface area contributed by atoms with Gasteiger partial charge in [0.1, 0.15) is 0 Å². The molecule has 0 aliphatic carbocycles. The third-order valence-corrected chi connectivity index (χ3v) is 6.13. The normalized spacial score (nSPS) is 11.9. The van der Waals surface area contributed by atoms with E-state index >= 15 is 0 Å². The number of allylic oxidation sites excluding steroid dienone is 1. The van der Waals surface area contributed by atoms with Crippen molar-refractivity contribution in [2.75, 3.05) is 5.75 Å². The van der Waals surface area contributed by atoms with Gasteiger partial charge in [-0.1, -0.05) is 85.8 Å². The molecule has 1 atom stereocenters. The molecule has 1 heterocycles. The Morgan fingerprint density at radius 1 is 1.12 bits per heavy atom. The second kappa shape index (κ2) is 11.1. The third-order valence-electron chi connectivity index (χ3n) is 4.84. The number of benzene rings is 2. The van der Waals surface area contributed by atoms with E-state index in [1.165, 1.54) is 11.8 Å². The zero-order valence-corrected chi connectivity index (χ0v) is 19.6. The number of halogens is 1. The number of hydrogen-bond acceptors (Lipinski definition) is 5. The second-order valence-electron chi connectivity index (χ2n) is 7.49. The van der Waals surface area contributed by atoms with Crippen LogP contribution in [0.4, 0.5) is 0 Å². The lowest BCUT2D eigenvalue weighted by molar-refractivity contribution is 0.0921. The van der Waals surface area contributed by atoms with Crippen LogP contribution in [0.25, 0.3) is 0 Å². The van der Waals surface area contributed by atoms with Crippen LogP contribution in [0, 0.1) is 5.92 Å². The summed E-state index contributed by atoms with van der Waals surface area (Å²) < 4.78 is 1.88. The van der Waals surface area contributed by atoms with Crippen molar-refractivity contribution in [2.24, 2.45) is 5.92 Å². The number of Topliss-reactive ketones (excluding diaryl/α,β-unsaturated/α-hetero) is 1. The van der Waals surface area contributed by atoms with Gasteiger partial charge < -0.3 is 9.88 Å². The van der Waals surface area contributed by atoms with Gasteiger partial charge in [0, 0.05) is 12.1 Å². The Bertz CT molecular complexity index is 1100. The summed E-state index contributed by atoms with van der Waals surface area (Å²) in [4.78, 5) is 25.4. The molecule has 166 valence electrons. The number of hydrogen-bond donors (Lipinski definition) is 1. The van der Waals surface area contributed by atoms with Crippen molar-refractivity contribution < 1.29 is 9.59 Å². The zero-order valence-electron chi connectivity index (χ0n) is 18.0. The van der Waals surface area contributed by atoms with E-state index < -0.39 is 6.04 Å². The Morgan fingerprint density at radius 3 is 2.47 bits per heavy atom. The number of aromatic nitrogens is 3. The highest BCUT2D eigenvalue weighted by molar-refractivity contribution is 7.99. The van der Waals surface area contributed by atoms with Crippen LogP contribution >= 0.6 is 23.4 Å². The van der Waals surface area contributed by atoms with Crippen LogP contribution in [0.3, 0.4) is 0 Å². The predicted molar refractivity (Wildman–Crippen MR) is 128 cm³/mol. The van der Waals surface area contributed by atoms with Gasteiger partial charge in [-0.25, -0.2) is 0 Å². The first kappa shape index (κ1) is 23.8. The van der Waals surface area contributed by atoms with Gasteiger partial charge in [-0.05, 0) is 18.1 Å². The van der Waals surface area contributed by atoms with Crippen LogP contribution in [0.15, 0.2) is 72.4 Å². The standard InChI is InChI=1S/C24H25ClN4O2S/c1-4-14-29-22(21(16(2)3)26-23(31)18-12-8-9-13-19(18)25)27-28-24(29)32-15-20(30)17-10-6-5-7-11-17/h4-13,16,21H,1,14-15H2,2-3H3,(H,26,31)/t21-/m0/s1. The monoisotopic (exact) mass is 468 g/mol. The summed E-state index contributed by atoms with van der Waals surface area (Å²) in [5.74, 6) is 0.610. The van der Waals surface area contributed by atoms with Crippen molar-refractivity contribution >= 4 is 35.1 Å². The van der Waals surface area contributed by atoms with E-state index in [2.05, 4.69) is 22.1 Å². The van der Waals surface area contributed by atoms with Crippen LogP contribution in [0.1, 0.15) is 46.4 Å². The Labute approximate surface area is 197 Å². The summed E-state index contributed by atoms with van der Waals surface area (Å²) in [5, 5.41) is 12.7. The van der Waals surface area contributed by atoms with Crippen molar-refractivity contribution in [1.29, 1.82) is 0 Å². The maximum Gasteiger partial charge on any atom is 0.253 e. The van der Waals surface area contributed by atoms with Crippen LogP contribution in [0.2, 0.25) is 5.02 Å². The zero-order chi connectivity index (χ0) is 23.1. The first-order valence-corrected chi connectivity index (χ1v) is 11.6. The summed E-state index contributed by atoms with van der Waals surface area (Å²) >= 11 is 7.51. The van der Waals surface area contributed by atoms with Gasteiger partial charge in [0.05, 0.1) is 22.4 Å². The molecule has 0 saturated carbocycles. The van der Waals surface area contributed by atoms with E-state index in [1.807, 2.05) is 36.6 Å². The molecule has 0 radical (unpaired) electrons. The Balaban J connectivity index is 1.82. The Hall–Kier alpha value is -2.90. The molecular weight excluding hydrogens is 444 g/mol. The van der Waals surface area contributed by atoms with E-state index in [9.17, 15) is 9.59 Å². The molecule has 8 heteroatoms. The molecule has 3 aromatic rings. The first-order chi connectivity index (χ1) is 15.4. The largest absolute Gasteiger partial charge is 0.342 e. The van der Waals surface area contributed by atoms with Crippen molar-refractivity contribution in [1.82, 2.24) is 20.1 Å². The molecule has 3 rings (SSSR count). The maximum atomic E-state index is 12.9. The molecule has 32 heavy (non-hydrogen) atoms. The fourth-order valence-electron chi connectivity index (χ4n) is 3.17. The lowest BCUT2D eigenvalue weighted by Crippen LogP contribution is -2.34. The highest BCUT2D eigenvalue weighted by Crippen LogP contribution is 2.27. The number of rotatable bonds is 10. The molecule has 1 amide bonds. The average molecular weight is 469 g/mol. The van der Waals surface area contributed by atoms with Crippen molar-refractivity contribution in [3.63, 3.8) is 0 Å². The predicted octanol–water partition coefficient (Wildman–Crippen LogP) is 5.22. The van der Waals surface area contributed by atoms with E-state index in [0.717, 1.165) is 0 Å². The fraction of sp³-hybridized carbons (Fsp3) is 0.250. The molecular formula is C24H25ClN4O2S. The highest BCUT2D eigenvalue weighted by Gasteiger charge is 2.27. The van der Waals surface area contributed by atoms with Crippen LogP contribution in [-0.2, 0) is 6.54 Å². The highest BCUT2D eigenvalue weighted by atomic mass is 35.5. The molecule has 0 unspecified atom stereocenters. The first-order valence-electron chi connectivity index (χ1n) is 10.2. The number of carbonyl (C=O) groups excluding carboxylic acids is 2. The number of carbonyl (C=O) groups is 2. The van der Waals surface area contributed by atoms with Gasteiger partial charge in [0.15, 0.2) is 16.8 Å².